The Hall–Kier alpha value is -2.12. The van der Waals surface area contributed by atoms with Crippen LogP contribution >= 0.6 is 11.6 Å². The molecule has 1 amide bonds. The summed E-state index contributed by atoms with van der Waals surface area (Å²) in [6.07, 6.45) is 0.00769. The molecule has 122 valence electrons. The number of rotatable bonds is 4. The molecule has 0 unspecified atom stereocenters. The first-order valence-electron chi connectivity index (χ1n) is 7.07. The molecule has 0 aromatic heterocycles. The smallest absolute Gasteiger partial charge is 0.324 e. The first-order valence-corrected chi connectivity index (χ1v) is 7.45. The predicted molar refractivity (Wildman–Crippen MR) is 80.0 cm³/mol. The first-order chi connectivity index (χ1) is 10.8. The van der Waals surface area contributed by atoms with Crippen LogP contribution in [0.15, 0.2) is 24.3 Å². The average molecular weight is 339 g/mol. The molecular weight excluding hydrogens is 324 g/mol. The summed E-state index contributed by atoms with van der Waals surface area (Å²) in [5.74, 6) is -4.72. The quantitative estimate of drug-likeness (QED) is 0.635. The lowest BCUT2D eigenvalue weighted by molar-refractivity contribution is -0.145. The minimum atomic E-state index is -1.62. The Morgan fingerprint density at radius 3 is 2.57 bits per heavy atom. The average Bonchev–Trinajstić information content (AvgIpc) is 3.16. The number of nitrogens with two attached hydrogens (primary N) is 1. The van der Waals surface area contributed by atoms with Crippen LogP contribution in [-0.4, -0.2) is 39.6 Å². The van der Waals surface area contributed by atoms with E-state index in [1.165, 1.54) is 6.07 Å². The van der Waals surface area contributed by atoms with E-state index in [0.717, 1.165) is 0 Å². The summed E-state index contributed by atoms with van der Waals surface area (Å²) in [7, 11) is 0. The third kappa shape index (κ3) is 2.46. The topological polar surface area (TPSA) is 130 Å². The number of nitrogens with one attached hydrogen (secondary N) is 1. The van der Waals surface area contributed by atoms with E-state index in [0.29, 0.717) is 10.6 Å². The second kappa shape index (κ2) is 5.21. The van der Waals surface area contributed by atoms with Crippen LogP contribution in [0.4, 0.5) is 0 Å². The van der Waals surface area contributed by atoms with Gasteiger partial charge in [0.2, 0.25) is 0 Å². The van der Waals surface area contributed by atoms with Gasteiger partial charge in [0, 0.05) is 22.5 Å². The number of benzene rings is 1. The van der Waals surface area contributed by atoms with Gasteiger partial charge in [0.05, 0.1) is 5.92 Å². The summed E-state index contributed by atoms with van der Waals surface area (Å²) in [6.45, 7) is 0. The van der Waals surface area contributed by atoms with Gasteiger partial charge in [-0.25, -0.2) is 0 Å². The molecule has 0 saturated heterocycles. The largest absolute Gasteiger partial charge is 0.481 e. The molecule has 0 aliphatic heterocycles. The monoisotopic (exact) mass is 338 g/mol. The fraction of sp³-hybridized carbons (Fsp3) is 0.400. The normalized spacial score (nSPS) is 34.5. The van der Waals surface area contributed by atoms with Crippen molar-refractivity contribution in [3.63, 3.8) is 0 Å². The molecule has 0 radical (unpaired) electrons. The van der Waals surface area contributed by atoms with E-state index in [2.05, 4.69) is 5.32 Å². The maximum atomic E-state index is 12.3. The molecule has 8 heteroatoms. The maximum Gasteiger partial charge on any atom is 0.324 e. The van der Waals surface area contributed by atoms with Crippen molar-refractivity contribution in [1.29, 1.82) is 0 Å². The number of carbonyl (C=O) groups is 3. The second-order valence-electron chi connectivity index (χ2n) is 6.11. The summed E-state index contributed by atoms with van der Waals surface area (Å²) < 4.78 is 0. The van der Waals surface area contributed by atoms with E-state index in [1.54, 1.807) is 18.2 Å². The van der Waals surface area contributed by atoms with Crippen molar-refractivity contribution in [2.45, 2.75) is 18.0 Å². The van der Waals surface area contributed by atoms with Gasteiger partial charge < -0.3 is 21.3 Å². The molecule has 1 aromatic rings. The van der Waals surface area contributed by atoms with Crippen molar-refractivity contribution in [2.75, 3.05) is 0 Å². The number of hydrogen-bond donors (Lipinski definition) is 4. The lowest BCUT2D eigenvalue weighted by Gasteiger charge is -2.25. The van der Waals surface area contributed by atoms with Gasteiger partial charge in [-0.3, -0.25) is 14.4 Å². The van der Waals surface area contributed by atoms with Crippen LogP contribution in [0, 0.1) is 17.8 Å². The molecule has 2 fully saturated rings. The van der Waals surface area contributed by atoms with Crippen molar-refractivity contribution in [2.24, 2.45) is 23.5 Å². The molecule has 1 aromatic carbocycles. The van der Waals surface area contributed by atoms with E-state index < -0.39 is 47.2 Å². The minimum Gasteiger partial charge on any atom is -0.481 e. The summed E-state index contributed by atoms with van der Waals surface area (Å²) >= 11 is 5.84. The molecule has 5 N–H and O–H groups in total. The van der Waals surface area contributed by atoms with Crippen LogP contribution in [0.3, 0.4) is 0 Å². The van der Waals surface area contributed by atoms with Gasteiger partial charge in [0.15, 0.2) is 0 Å². The minimum absolute atomic E-state index is 0.00769. The molecular formula is C15H15ClN2O5. The van der Waals surface area contributed by atoms with Crippen LogP contribution in [0.25, 0.3) is 0 Å². The van der Waals surface area contributed by atoms with Crippen LogP contribution in [0.5, 0.6) is 0 Å². The van der Waals surface area contributed by atoms with Gasteiger partial charge in [-0.1, -0.05) is 17.7 Å². The third-order valence-electron chi connectivity index (χ3n) is 4.78. The molecule has 0 heterocycles. The second-order valence-corrected chi connectivity index (χ2v) is 6.54. The fourth-order valence-electron chi connectivity index (χ4n) is 3.71. The Balaban J connectivity index is 1.80. The Kier molecular flexibility index (Phi) is 3.57. The van der Waals surface area contributed by atoms with Gasteiger partial charge in [-0.2, -0.15) is 0 Å². The number of halogens is 1. The van der Waals surface area contributed by atoms with Crippen LogP contribution in [0.1, 0.15) is 16.8 Å². The summed E-state index contributed by atoms with van der Waals surface area (Å²) in [4.78, 5) is 34.9. The van der Waals surface area contributed by atoms with E-state index in [-0.39, 0.29) is 6.42 Å². The van der Waals surface area contributed by atoms with Gasteiger partial charge >= 0.3 is 11.9 Å². The maximum absolute atomic E-state index is 12.3. The summed E-state index contributed by atoms with van der Waals surface area (Å²) in [5.41, 5.74) is 4.61. The van der Waals surface area contributed by atoms with Crippen LogP contribution < -0.4 is 11.1 Å². The Labute approximate surface area is 136 Å². The number of carboxylic acids is 2. The van der Waals surface area contributed by atoms with Crippen LogP contribution in [-0.2, 0) is 9.59 Å². The molecule has 3 rings (SSSR count). The first kappa shape index (κ1) is 15.8. The van der Waals surface area contributed by atoms with Crippen molar-refractivity contribution in [3.8, 4) is 0 Å². The fourth-order valence-corrected chi connectivity index (χ4v) is 3.90. The third-order valence-corrected chi connectivity index (χ3v) is 5.01. The van der Waals surface area contributed by atoms with Crippen molar-refractivity contribution >= 4 is 29.4 Å². The van der Waals surface area contributed by atoms with Gasteiger partial charge in [0.1, 0.15) is 5.54 Å². The van der Waals surface area contributed by atoms with Crippen LogP contribution in [0.2, 0.25) is 5.02 Å². The standard InChI is InChI=1S/C15H15ClN2O5/c16-7-3-1-2-6(4-7)12(19)18-8-5-15(17,14(22)23)11-9(8)10(11)13(20)21/h1-4,8-11H,5,17H2,(H,18,19)(H,20,21)(H,22,23)/t8-,9-,10-,11+,15-/m1/s1. The Bertz CT molecular complexity index is 709. The van der Waals surface area contributed by atoms with Crippen molar-refractivity contribution in [1.82, 2.24) is 5.32 Å². The van der Waals surface area contributed by atoms with Gasteiger partial charge in [-0.15, -0.1) is 0 Å². The molecule has 2 saturated carbocycles. The molecule has 23 heavy (non-hydrogen) atoms. The number of aliphatic carboxylic acids is 2. The Morgan fingerprint density at radius 1 is 1.30 bits per heavy atom. The van der Waals surface area contributed by atoms with Gasteiger partial charge in [-0.05, 0) is 30.5 Å². The lowest BCUT2D eigenvalue weighted by atomic mass is 9.90. The number of amides is 1. The zero-order valence-corrected chi connectivity index (χ0v) is 12.7. The zero-order valence-electron chi connectivity index (χ0n) is 11.9. The number of hydrogen-bond acceptors (Lipinski definition) is 4. The molecule has 2 aliphatic carbocycles. The lowest BCUT2D eigenvalue weighted by Crippen LogP contribution is -2.52. The highest BCUT2D eigenvalue weighted by molar-refractivity contribution is 6.30. The molecule has 0 bridgehead atoms. The van der Waals surface area contributed by atoms with Gasteiger partial charge in [0.25, 0.3) is 5.91 Å². The SMILES string of the molecule is N[C@]1(C(=O)O)C[C@@H](NC(=O)c2cccc(Cl)c2)[C@@H]2[C@@H](C(=O)O)[C@H]21. The van der Waals surface area contributed by atoms with E-state index in [4.69, 9.17) is 17.3 Å². The van der Waals surface area contributed by atoms with Crippen molar-refractivity contribution < 1.29 is 24.6 Å². The highest BCUT2D eigenvalue weighted by atomic mass is 35.5. The molecule has 5 atom stereocenters. The predicted octanol–water partition coefficient (Wildman–Crippen LogP) is 0.571. The number of fused-ring (bicyclic) bond motifs is 1. The van der Waals surface area contributed by atoms with E-state index in [1.807, 2.05) is 0 Å². The highest BCUT2D eigenvalue weighted by Crippen LogP contribution is 2.61. The molecule has 7 nitrogen and oxygen atoms in total. The van der Waals surface area contributed by atoms with E-state index in [9.17, 15) is 24.6 Å². The highest BCUT2D eigenvalue weighted by Gasteiger charge is 2.74. The Morgan fingerprint density at radius 2 is 2.00 bits per heavy atom. The van der Waals surface area contributed by atoms with Crippen molar-refractivity contribution in [3.05, 3.63) is 34.9 Å². The summed E-state index contributed by atoms with van der Waals surface area (Å²) in [6, 6.07) is 5.71. The molecule has 2 aliphatic rings. The molecule has 0 spiro atoms. The number of carbonyl (C=O) groups excluding carboxylic acids is 1. The number of carboxylic acid groups (broad SMARTS) is 2. The van der Waals surface area contributed by atoms with E-state index >= 15 is 0 Å². The zero-order chi connectivity index (χ0) is 16.9. The summed E-state index contributed by atoms with van der Waals surface area (Å²) in [5, 5.41) is 21.6.